The number of rotatable bonds is 8. The lowest BCUT2D eigenvalue weighted by Gasteiger charge is -2.08. The molecule has 0 spiro atoms. The summed E-state index contributed by atoms with van der Waals surface area (Å²) in [6, 6.07) is 8.98. The molecule has 0 bridgehead atoms. The first-order valence-electron chi connectivity index (χ1n) is 7.43. The average Bonchev–Trinajstić information content (AvgIpc) is 2.56. The van der Waals surface area contributed by atoms with E-state index in [0.717, 1.165) is 6.26 Å². The minimum Gasteiger partial charge on any atom is -0.326 e. The van der Waals surface area contributed by atoms with Crippen LogP contribution in [0, 0.1) is 0 Å². The Kier molecular flexibility index (Phi) is 6.29. The maximum atomic E-state index is 12.0. The van der Waals surface area contributed by atoms with Crippen LogP contribution in [-0.2, 0) is 24.8 Å². The van der Waals surface area contributed by atoms with Crippen LogP contribution in [0.1, 0.15) is 6.42 Å². The van der Waals surface area contributed by atoms with Crippen molar-refractivity contribution in [3.63, 3.8) is 0 Å². The fourth-order valence-electron chi connectivity index (χ4n) is 1.95. The summed E-state index contributed by atoms with van der Waals surface area (Å²) in [5.74, 6) is -0.386. The number of carbonyl (C=O) groups excluding carboxylic acids is 1. The Morgan fingerprint density at radius 3 is 2.27 bits per heavy atom. The quantitative estimate of drug-likeness (QED) is 0.601. The van der Waals surface area contributed by atoms with Crippen LogP contribution in [0.3, 0.4) is 0 Å². The summed E-state index contributed by atoms with van der Waals surface area (Å²) in [7, 11) is -7.08. The zero-order valence-electron chi connectivity index (χ0n) is 13.8. The molecule has 3 N–H and O–H groups in total. The third-order valence-electron chi connectivity index (χ3n) is 3.06. The number of amides is 1. The number of pyridine rings is 1. The van der Waals surface area contributed by atoms with Gasteiger partial charge in [0.05, 0.1) is 6.26 Å². The van der Waals surface area contributed by atoms with E-state index in [0.29, 0.717) is 11.4 Å². The lowest BCUT2D eigenvalue weighted by Crippen LogP contribution is -2.27. The fraction of sp³-hybridized carbons (Fsp3) is 0.200. The monoisotopic (exact) mass is 398 g/mol. The molecule has 9 nitrogen and oxygen atoms in total. The Morgan fingerprint density at radius 1 is 1.04 bits per heavy atom. The van der Waals surface area contributed by atoms with Gasteiger partial charge in [0.1, 0.15) is 4.90 Å². The summed E-state index contributed by atoms with van der Waals surface area (Å²) in [6.07, 6.45) is 3.65. The molecule has 0 saturated carbocycles. The molecule has 0 aliphatic carbocycles. The molecule has 11 heteroatoms. The van der Waals surface area contributed by atoms with Gasteiger partial charge in [-0.3, -0.25) is 14.5 Å². The van der Waals surface area contributed by atoms with Crippen LogP contribution in [0.4, 0.5) is 11.4 Å². The molecule has 0 fully saturated rings. The molecular weight excluding hydrogens is 380 g/mol. The zero-order valence-corrected chi connectivity index (χ0v) is 15.5. The molecule has 26 heavy (non-hydrogen) atoms. The molecule has 1 heterocycles. The van der Waals surface area contributed by atoms with Crippen LogP contribution in [-0.4, -0.2) is 40.5 Å². The SMILES string of the molecule is CS(=O)(=O)Nc1ccc(NC(=O)CCNS(=O)(=O)c2cccnc2)cc1. The largest absolute Gasteiger partial charge is 0.326 e. The first-order chi connectivity index (χ1) is 12.2. The molecule has 0 aliphatic rings. The molecule has 0 unspecified atom stereocenters. The van der Waals surface area contributed by atoms with Gasteiger partial charge in [-0.2, -0.15) is 0 Å². The summed E-state index contributed by atoms with van der Waals surface area (Å²) in [5, 5.41) is 2.59. The highest BCUT2D eigenvalue weighted by Crippen LogP contribution is 2.14. The molecule has 1 amide bonds. The molecular formula is C15H18N4O5S2. The Labute approximate surface area is 152 Å². The second-order valence-corrected chi connectivity index (χ2v) is 8.85. The molecule has 1 aromatic carbocycles. The molecule has 0 aliphatic heterocycles. The first-order valence-corrected chi connectivity index (χ1v) is 10.8. The van der Waals surface area contributed by atoms with E-state index in [1.54, 1.807) is 0 Å². The van der Waals surface area contributed by atoms with E-state index in [9.17, 15) is 21.6 Å². The maximum absolute atomic E-state index is 12.0. The van der Waals surface area contributed by atoms with Crippen molar-refractivity contribution in [1.82, 2.24) is 9.71 Å². The number of nitrogens with one attached hydrogen (secondary N) is 3. The van der Waals surface area contributed by atoms with Crippen LogP contribution < -0.4 is 14.8 Å². The van der Waals surface area contributed by atoms with Crippen molar-refractivity contribution in [3.8, 4) is 0 Å². The topological polar surface area (TPSA) is 134 Å². The third-order valence-corrected chi connectivity index (χ3v) is 5.11. The smallest absolute Gasteiger partial charge is 0.242 e. The van der Waals surface area contributed by atoms with Gasteiger partial charge in [0, 0.05) is 36.7 Å². The summed E-state index contributed by atoms with van der Waals surface area (Å²) in [5.41, 5.74) is 0.832. The molecule has 2 aromatic rings. The van der Waals surface area contributed by atoms with Gasteiger partial charge >= 0.3 is 0 Å². The van der Waals surface area contributed by atoms with Crippen molar-refractivity contribution in [2.75, 3.05) is 22.8 Å². The second-order valence-electron chi connectivity index (χ2n) is 5.34. The number of hydrogen-bond acceptors (Lipinski definition) is 6. The number of hydrogen-bond donors (Lipinski definition) is 3. The van der Waals surface area contributed by atoms with E-state index in [2.05, 4.69) is 19.7 Å². The third kappa shape index (κ3) is 6.43. The second kappa shape index (κ2) is 8.25. The number of anilines is 2. The van der Waals surface area contributed by atoms with Gasteiger partial charge in [-0.15, -0.1) is 0 Å². The van der Waals surface area contributed by atoms with E-state index in [-0.39, 0.29) is 23.8 Å². The minimum absolute atomic E-state index is 0.0226. The highest BCUT2D eigenvalue weighted by atomic mass is 32.2. The van der Waals surface area contributed by atoms with Crippen molar-refractivity contribution >= 4 is 37.3 Å². The van der Waals surface area contributed by atoms with Gasteiger partial charge in [0.25, 0.3) is 0 Å². The van der Waals surface area contributed by atoms with E-state index < -0.39 is 20.0 Å². The van der Waals surface area contributed by atoms with Crippen LogP contribution in [0.2, 0.25) is 0 Å². The summed E-state index contributed by atoms with van der Waals surface area (Å²) < 4.78 is 50.8. The predicted molar refractivity (Wildman–Crippen MR) is 97.6 cm³/mol. The van der Waals surface area contributed by atoms with E-state index in [1.807, 2.05) is 0 Å². The van der Waals surface area contributed by atoms with Crippen molar-refractivity contribution in [3.05, 3.63) is 48.8 Å². The molecule has 0 saturated heterocycles. The van der Waals surface area contributed by atoms with Gasteiger partial charge in [0.15, 0.2) is 0 Å². The predicted octanol–water partition coefficient (Wildman–Crippen LogP) is 0.760. The van der Waals surface area contributed by atoms with Crippen LogP contribution in [0.25, 0.3) is 0 Å². The lowest BCUT2D eigenvalue weighted by atomic mass is 10.3. The number of sulfonamides is 2. The van der Waals surface area contributed by atoms with E-state index in [4.69, 9.17) is 0 Å². The van der Waals surface area contributed by atoms with Gasteiger partial charge in [-0.1, -0.05) is 0 Å². The first kappa shape index (κ1) is 19.8. The van der Waals surface area contributed by atoms with Gasteiger partial charge in [0.2, 0.25) is 26.0 Å². The normalized spacial score (nSPS) is 11.7. The van der Waals surface area contributed by atoms with Gasteiger partial charge in [-0.05, 0) is 36.4 Å². The van der Waals surface area contributed by atoms with E-state index in [1.165, 1.54) is 48.8 Å². The van der Waals surface area contributed by atoms with E-state index >= 15 is 0 Å². The standard InChI is InChI=1S/C15H18N4O5S2/c1-25(21,22)19-13-6-4-12(5-7-13)18-15(20)8-10-17-26(23,24)14-3-2-9-16-11-14/h2-7,9,11,17,19H,8,10H2,1H3,(H,18,20). The van der Waals surface area contributed by atoms with Gasteiger partial charge < -0.3 is 5.32 Å². The fourth-order valence-corrected chi connectivity index (χ4v) is 3.51. The van der Waals surface area contributed by atoms with Gasteiger partial charge in [-0.25, -0.2) is 21.6 Å². The van der Waals surface area contributed by atoms with Crippen molar-refractivity contribution in [2.45, 2.75) is 11.3 Å². The Bertz CT molecular complexity index is 959. The molecule has 2 rings (SSSR count). The highest BCUT2D eigenvalue weighted by molar-refractivity contribution is 7.92. The number of nitrogens with zero attached hydrogens (tertiary/aromatic N) is 1. The van der Waals surface area contributed by atoms with Crippen LogP contribution in [0.15, 0.2) is 53.7 Å². The maximum Gasteiger partial charge on any atom is 0.242 e. The Hall–Kier alpha value is -2.50. The minimum atomic E-state index is -3.71. The summed E-state index contributed by atoms with van der Waals surface area (Å²) >= 11 is 0. The van der Waals surface area contributed by atoms with Crippen molar-refractivity contribution < 1.29 is 21.6 Å². The Balaban J connectivity index is 1.84. The Morgan fingerprint density at radius 2 is 1.69 bits per heavy atom. The zero-order chi connectivity index (χ0) is 19.2. The number of aromatic nitrogens is 1. The van der Waals surface area contributed by atoms with Crippen LogP contribution in [0.5, 0.6) is 0 Å². The number of benzene rings is 1. The van der Waals surface area contributed by atoms with Crippen LogP contribution >= 0.6 is 0 Å². The molecule has 0 atom stereocenters. The summed E-state index contributed by atoms with van der Waals surface area (Å²) in [6.45, 7) is -0.0726. The van der Waals surface area contributed by atoms with Crippen molar-refractivity contribution in [1.29, 1.82) is 0 Å². The highest BCUT2D eigenvalue weighted by Gasteiger charge is 2.14. The average molecular weight is 398 g/mol. The summed E-state index contributed by atoms with van der Waals surface area (Å²) in [4.78, 5) is 15.6. The number of carbonyl (C=O) groups is 1. The molecule has 0 radical (unpaired) electrons. The molecule has 140 valence electrons. The molecule has 1 aromatic heterocycles. The lowest BCUT2D eigenvalue weighted by molar-refractivity contribution is -0.116. The van der Waals surface area contributed by atoms with Crippen molar-refractivity contribution in [2.24, 2.45) is 0 Å².